The second-order valence-electron chi connectivity index (χ2n) is 6.57. The zero-order chi connectivity index (χ0) is 18.1. The van der Waals surface area contributed by atoms with Crippen LogP contribution >= 0.6 is 11.6 Å². The van der Waals surface area contributed by atoms with Crippen LogP contribution in [0.1, 0.15) is 12.0 Å². The molecular weight excluding hydrogens is 596 g/mol. The Kier molecular flexibility index (Phi) is 8.15. The van der Waals surface area contributed by atoms with Crippen LogP contribution in [-0.4, -0.2) is 36.1 Å². The van der Waals surface area contributed by atoms with E-state index in [0.717, 1.165) is 52.8 Å². The Labute approximate surface area is 195 Å². The van der Waals surface area contributed by atoms with Crippen molar-refractivity contribution in [3.63, 3.8) is 0 Å². The van der Waals surface area contributed by atoms with Crippen molar-refractivity contribution in [2.75, 3.05) is 30.8 Å². The molecule has 0 radical (unpaired) electrons. The molecule has 1 aliphatic rings. The van der Waals surface area contributed by atoms with Crippen LogP contribution in [-0.2, 0) is 0 Å². The van der Waals surface area contributed by atoms with Crippen LogP contribution in [0.4, 0.5) is 11.6 Å². The minimum absolute atomic E-state index is 0. The van der Waals surface area contributed by atoms with Crippen molar-refractivity contribution in [3.05, 3.63) is 54.5 Å². The van der Waals surface area contributed by atoms with Gasteiger partial charge in [0.15, 0.2) is 0 Å². The predicted octanol–water partition coefficient (Wildman–Crippen LogP) is 4.32. The van der Waals surface area contributed by atoms with Crippen LogP contribution < -0.4 is 16.0 Å². The van der Waals surface area contributed by atoms with Gasteiger partial charge in [0.25, 0.3) is 0 Å². The molecule has 7 heteroatoms. The molecule has 0 bridgehead atoms. The number of hydrogen-bond acceptors (Lipinski definition) is 5. The first-order valence-corrected chi connectivity index (χ1v) is 9.16. The van der Waals surface area contributed by atoms with Gasteiger partial charge >= 0.3 is 31.1 Å². The number of rotatable bonds is 4. The van der Waals surface area contributed by atoms with Gasteiger partial charge in [-0.05, 0) is 31.1 Å². The molecule has 0 unspecified atom stereocenters. The largest absolute Gasteiger partial charge is 2.00 e. The molecule has 144 valence electrons. The van der Waals surface area contributed by atoms with Crippen LogP contribution in [0.2, 0.25) is 5.02 Å². The quantitative estimate of drug-likeness (QED) is 0.380. The van der Waals surface area contributed by atoms with Gasteiger partial charge in [0.1, 0.15) is 0 Å². The zero-order valence-electron chi connectivity index (χ0n) is 16.4. The summed E-state index contributed by atoms with van der Waals surface area (Å²) in [6.45, 7) is 4.01. The van der Waals surface area contributed by atoms with Gasteiger partial charge in [-0.3, -0.25) is 0 Å². The monoisotopic (exact) mass is 619 g/mol. The standard InChI is InChI=1S/C20H21ClN5.CH3.U/c1-12-3-5-17(22-2)19(21)18(12)13-4-6-16-14(9-13)10-24-20(26-16)25-15-7-8-23-11-15;;/h4-6,9-10,15,22-23H,7-8,11H2,1-2H3,(H,24,25,26);1H3;/q2*-1;+2/t15-;;/m1../s1. The molecular formula is C21H24ClN5U. The molecule has 1 aromatic heterocycles. The SMILES string of the molecule is CNc1c[c-]c(C)c(-c2ccc3nc(N[C@@H]4CCNC4)ncc3c2)c1Cl.[CH3-].[U+2]. The molecule has 2 aromatic carbocycles. The predicted molar refractivity (Wildman–Crippen MR) is 114 cm³/mol. The third-order valence-electron chi connectivity index (χ3n) is 4.80. The van der Waals surface area contributed by atoms with E-state index in [4.69, 9.17) is 11.6 Å². The first-order valence-electron chi connectivity index (χ1n) is 8.78. The van der Waals surface area contributed by atoms with Crippen LogP contribution in [0.3, 0.4) is 0 Å². The normalized spacial score (nSPS) is 15.6. The van der Waals surface area contributed by atoms with Crippen LogP contribution in [0.15, 0.2) is 30.5 Å². The molecule has 1 saturated heterocycles. The summed E-state index contributed by atoms with van der Waals surface area (Å²) in [5.74, 6) is 0.679. The molecule has 0 spiro atoms. The zero-order valence-corrected chi connectivity index (χ0v) is 21.3. The number of halogens is 1. The van der Waals surface area contributed by atoms with Gasteiger partial charge in [-0.1, -0.05) is 30.3 Å². The molecule has 3 aromatic rings. The van der Waals surface area contributed by atoms with E-state index in [0.29, 0.717) is 17.0 Å². The number of nitrogens with one attached hydrogen (secondary N) is 3. The van der Waals surface area contributed by atoms with Crippen molar-refractivity contribution in [1.29, 1.82) is 0 Å². The van der Waals surface area contributed by atoms with Gasteiger partial charge in [-0.15, -0.1) is 17.2 Å². The Morgan fingerprint density at radius 1 is 1.32 bits per heavy atom. The summed E-state index contributed by atoms with van der Waals surface area (Å²) in [6, 6.07) is 11.7. The van der Waals surface area contributed by atoms with Gasteiger partial charge in [-0.2, -0.15) is 17.7 Å². The number of hydrogen-bond donors (Lipinski definition) is 3. The molecule has 2 heterocycles. The average Bonchev–Trinajstić information content (AvgIpc) is 3.15. The molecule has 0 aliphatic carbocycles. The summed E-state index contributed by atoms with van der Waals surface area (Å²) in [5, 5.41) is 11.5. The summed E-state index contributed by atoms with van der Waals surface area (Å²) in [7, 11) is 1.86. The van der Waals surface area contributed by atoms with Crippen molar-refractivity contribution in [2.45, 2.75) is 19.4 Å². The van der Waals surface area contributed by atoms with Crippen molar-refractivity contribution >= 4 is 34.1 Å². The fraction of sp³-hybridized carbons (Fsp3) is 0.286. The fourth-order valence-electron chi connectivity index (χ4n) is 3.36. The molecule has 1 aliphatic heterocycles. The molecule has 5 nitrogen and oxygen atoms in total. The average molecular weight is 620 g/mol. The van der Waals surface area contributed by atoms with Gasteiger partial charge in [0, 0.05) is 24.2 Å². The van der Waals surface area contributed by atoms with Gasteiger partial charge in [0.05, 0.1) is 5.52 Å². The Hall–Kier alpha value is -1.32. The van der Waals surface area contributed by atoms with E-state index in [-0.39, 0.29) is 38.5 Å². The molecule has 4 rings (SSSR count). The third-order valence-corrected chi connectivity index (χ3v) is 5.19. The van der Waals surface area contributed by atoms with E-state index in [2.05, 4.69) is 44.1 Å². The summed E-state index contributed by atoms with van der Waals surface area (Å²) < 4.78 is 0. The van der Waals surface area contributed by atoms with Crippen molar-refractivity contribution < 1.29 is 31.1 Å². The Balaban J connectivity index is 0.00000140. The molecule has 0 saturated carbocycles. The molecule has 1 atom stereocenters. The van der Waals surface area contributed by atoms with Crippen molar-refractivity contribution in [3.8, 4) is 11.1 Å². The maximum absolute atomic E-state index is 6.59. The van der Waals surface area contributed by atoms with Gasteiger partial charge in [-0.25, -0.2) is 9.97 Å². The number of nitrogens with zero attached hydrogens (tertiary/aromatic N) is 2. The summed E-state index contributed by atoms with van der Waals surface area (Å²) >= 11 is 6.59. The minimum Gasteiger partial charge on any atom is -0.438 e. The molecule has 0 amide bonds. The number of anilines is 2. The Bertz CT molecular complexity index is 957. The van der Waals surface area contributed by atoms with Crippen molar-refractivity contribution in [2.24, 2.45) is 0 Å². The number of aryl methyl sites for hydroxylation is 1. The maximum atomic E-state index is 6.59. The fourth-order valence-corrected chi connectivity index (χ4v) is 3.76. The topological polar surface area (TPSA) is 61.9 Å². The van der Waals surface area contributed by atoms with Crippen molar-refractivity contribution in [1.82, 2.24) is 15.3 Å². The molecule has 1 fully saturated rings. The van der Waals surface area contributed by atoms with Gasteiger partial charge in [0.2, 0.25) is 5.95 Å². The maximum Gasteiger partial charge on any atom is 2.00 e. The Morgan fingerprint density at radius 3 is 2.86 bits per heavy atom. The number of benzene rings is 2. The van der Waals surface area contributed by atoms with E-state index in [1.165, 1.54) is 0 Å². The Morgan fingerprint density at radius 2 is 2.14 bits per heavy atom. The van der Waals surface area contributed by atoms with Crippen LogP contribution in [0, 0.1) is 51.5 Å². The van der Waals surface area contributed by atoms with Crippen LogP contribution in [0.5, 0.6) is 0 Å². The second kappa shape index (κ2) is 9.94. The minimum atomic E-state index is 0. The first kappa shape index (κ1) is 23.0. The third kappa shape index (κ3) is 4.63. The first-order chi connectivity index (χ1) is 12.7. The summed E-state index contributed by atoms with van der Waals surface area (Å²) in [6.07, 6.45) is 2.96. The van der Waals surface area contributed by atoms with E-state index < -0.39 is 0 Å². The summed E-state index contributed by atoms with van der Waals surface area (Å²) in [4.78, 5) is 9.13. The second-order valence-corrected chi connectivity index (χ2v) is 6.95. The van der Waals surface area contributed by atoms with E-state index in [1.54, 1.807) is 0 Å². The molecule has 28 heavy (non-hydrogen) atoms. The van der Waals surface area contributed by atoms with Gasteiger partial charge < -0.3 is 23.4 Å². The van der Waals surface area contributed by atoms with E-state index in [9.17, 15) is 0 Å². The van der Waals surface area contributed by atoms with Crippen LogP contribution in [0.25, 0.3) is 22.0 Å². The molecule has 3 N–H and O–H groups in total. The van der Waals surface area contributed by atoms with E-state index >= 15 is 0 Å². The van der Waals surface area contributed by atoms with E-state index in [1.807, 2.05) is 32.3 Å². The smallest absolute Gasteiger partial charge is 0.438 e. The number of fused-ring (bicyclic) bond motifs is 1. The summed E-state index contributed by atoms with van der Waals surface area (Å²) in [5.41, 5.74) is 4.83. The number of aromatic nitrogens is 2.